The van der Waals surface area contributed by atoms with Gasteiger partial charge in [0.15, 0.2) is 0 Å². The molecule has 0 radical (unpaired) electrons. The van der Waals surface area contributed by atoms with Crippen LogP contribution in [-0.4, -0.2) is 18.5 Å². The average Bonchev–Trinajstić information content (AvgIpc) is 2.90. The zero-order valence-corrected chi connectivity index (χ0v) is 10.6. The van der Waals surface area contributed by atoms with Gasteiger partial charge in [-0.1, -0.05) is 18.9 Å². The molecular weight excluding hydrogens is 245 g/mol. The van der Waals surface area contributed by atoms with E-state index in [1.807, 2.05) is 0 Å². The van der Waals surface area contributed by atoms with Gasteiger partial charge in [-0.3, -0.25) is 4.79 Å². The predicted molar refractivity (Wildman–Crippen MR) is 70.0 cm³/mol. The van der Waals surface area contributed by atoms with Gasteiger partial charge in [-0.15, -0.1) is 0 Å². The van der Waals surface area contributed by atoms with Crippen molar-refractivity contribution in [1.82, 2.24) is 5.32 Å². The molecule has 2 N–H and O–H groups in total. The Kier molecular flexibility index (Phi) is 4.48. The van der Waals surface area contributed by atoms with E-state index in [0.717, 1.165) is 12.8 Å². The molecule has 1 amide bonds. The Hall–Kier alpha value is -1.93. The maximum absolute atomic E-state index is 13.3. The van der Waals surface area contributed by atoms with Crippen LogP contribution in [0, 0.1) is 17.1 Å². The van der Waals surface area contributed by atoms with Gasteiger partial charge in [-0.05, 0) is 25.0 Å². The minimum atomic E-state index is -0.621. The SMILES string of the molecule is N#Cc1c(F)cccc1NC(=O)CNC1CCCC1. The highest BCUT2D eigenvalue weighted by atomic mass is 19.1. The number of anilines is 1. The van der Waals surface area contributed by atoms with Crippen molar-refractivity contribution in [2.24, 2.45) is 0 Å². The van der Waals surface area contributed by atoms with Crippen molar-refractivity contribution in [3.63, 3.8) is 0 Å². The van der Waals surface area contributed by atoms with E-state index in [1.165, 1.54) is 31.0 Å². The van der Waals surface area contributed by atoms with Crippen molar-refractivity contribution in [3.05, 3.63) is 29.6 Å². The first-order valence-electron chi connectivity index (χ1n) is 6.42. The molecule has 0 spiro atoms. The van der Waals surface area contributed by atoms with Crippen LogP contribution in [-0.2, 0) is 4.79 Å². The normalized spacial score (nSPS) is 15.2. The Morgan fingerprint density at radius 1 is 1.42 bits per heavy atom. The number of nitrogens with one attached hydrogen (secondary N) is 2. The maximum atomic E-state index is 13.3. The molecule has 0 heterocycles. The van der Waals surface area contributed by atoms with Crippen LogP contribution in [0.25, 0.3) is 0 Å². The molecule has 0 atom stereocenters. The van der Waals surface area contributed by atoms with Crippen LogP contribution in [0.15, 0.2) is 18.2 Å². The van der Waals surface area contributed by atoms with Crippen molar-refractivity contribution < 1.29 is 9.18 Å². The third kappa shape index (κ3) is 3.52. The van der Waals surface area contributed by atoms with E-state index in [-0.39, 0.29) is 23.7 Å². The van der Waals surface area contributed by atoms with E-state index >= 15 is 0 Å². The number of nitriles is 1. The van der Waals surface area contributed by atoms with E-state index in [9.17, 15) is 9.18 Å². The molecule has 2 rings (SSSR count). The van der Waals surface area contributed by atoms with Gasteiger partial charge in [0.1, 0.15) is 17.4 Å². The number of carbonyl (C=O) groups is 1. The molecule has 100 valence electrons. The van der Waals surface area contributed by atoms with Gasteiger partial charge in [-0.25, -0.2) is 4.39 Å². The Labute approximate surface area is 111 Å². The summed E-state index contributed by atoms with van der Waals surface area (Å²) in [7, 11) is 0. The molecule has 0 unspecified atom stereocenters. The number of nitrogens with zero attached hydrogens (tertiary/aromatic N) is 1. The first kappa shape index (κ1) is 13.5. The summed E-state index contributed by atoms with van der Waals surface area (Å²) < 4.78 is 13.3. The number of benzene rings is 1. The molecule has 0 aliphatic heterocycles. The predicted octanol–water partition coefficient (Wildman–Crippen LogP) is 2.17. The van der Waals surface area contributed by atoms with Crippen LogP contribution in [0.4, 0.5) is 10.1 Å². The molecule has 4 nitrogen and oxygen atoms in total. The van der Waals surface area contributed by atoms with E-state index in [0.29, 0.717) is 6.04 Å². The zero-order valence-electron chi connectivity index (χ0n) is 10.6. The van der Waals surface area contributed by atoms with E-state index in [1.54, 1.807) is 6.07 Å². The molecule has 1 aliphatic carbocycles. The number of hydrogen-bond donors (Lipinski definition) is 2. The van der Waals surface area contributed by atoms with E-state index in [2.05, 4.69) is 10.6 Å². The van der Waals surface area contributed by atoms with Crippen molar-refractivity contribution in [2.45, 2.75) is 31.7 Å². The van der Waals surface area contributed by atoms with Gasteiger partial charge in [0.25, 0.3) is 0 Å². The second-order valence-corrected chi connectivity index (χ2v) is 4.68. The largest absolute Gasteiger partial charge is 0.324 e. The fraction of sp³-hybridized carbons (Fsp3) is 0.429. The Morgan fingerprint density at radius 2 is 2.16 bits per heavy atom. The summed E-state index contributed by atoms with van der Waals surface area (Å²) in [6.45, 7) is 0.187. The van der Waals surface area contributed by atoms with Crippen LogP contribution in [0.3, 0.4) is 0 Å². The molecule has 1 fully saturated rings. The maximum Gasteiger partial charge on any atom is 0.238 e. The molecule has 0 bridgehead atoms. The van der Waals surface area contributed by atoms with Crippen LogP contribution < -0.4 is 10.6 Å². The lowest BCUT2D eigenvalue weighted by Crippen LogP contribution is -2.34. The summed E-state index contributed by atoms with van der Waals surface area (Å²) in [5.74, 6) is -0.877. The monoisotopic (exact) mass is 261 g/mol. The second-order valence-electron chi connectivity index (χ2n) is 4.68. The van der Waals surface area contributed by atoms with Crippen LogP contribution in [0.1, 0.15) is 31.2 Å². The topological polar surface area (TPSA) is 64.9 Å². The highest BCUT2D eigenvalue weighted by molar-refractivity contribution is 5.93. The average molecular weight is 261 g/mol. The fourth-order valence-electron chi connectivity index (χ4n) is 2.30. The standard InChI is InChI=1S/C14H16FN3O/c15-12-6-3-7-13(11(12)8-16)18-14(19)9-17-10-4-1-2-5-10/h3,6-7,10,17H,1-2,4-5,9H2,(H,18,19). The third-order valence-corrected chi connectivity index (χ3v) is 3.31. The van der Waals surface area contributed by atoms with Gasteiger partial charge >= 0.3 is 0 Å². The molecule has 1 aliphatic rings. The lowest BCUT2D eigenvalue weighted by Gasteiger charge is -2.12. The quantitative estimate of drug-likeness (QED) is 0.873. The van der Waals surface area contributed by atoms with Crippen molar-refractivity contribution in [3.8, 4) is 6.07 Å². The van der Waals surface area contributed by atoms with E-state index < -0.39 is 5.82 Å². The number of hydrogen-bond acceptors (Lipinski definition) is 3. The fourth-order valence-corrected chi connectivity index (χ4v) is 2.30. The molecule has 0 saturated heterocycles. The minimum absolute atomic E-state index is 0.128. The summed E-state index contributed by atoms with van der Waals surface area (Å²) in [5.41, 5.74) is 0.0949. The van der Waals surface area contributed by atoms with Gasteiger partial charge in [0, 0.05) is 6.04 Å². The van der Waals surface area contributed by atoms with Crippen LogP contribution in [0.2, 0.25) is 0 Å². The highest BCUT2D eigenvalue weighted by Crippen LogP contribution is 2.18. The molecular formula is C14H16FN3O. The molecule has 0 aromatic heterocycles. The van der Waals surface area contributed by atoms with Crippen LogP contribution >= 0.6 is 0 Å². The van der Waals surface area contributed by atoms with Crippen molar-refractivity contribution in [1.29, 1.82) is 5.26 Å². The summed E-state index contributed by atoms with van der Waals surface area (Å²) >= 11 is 0. The Morgan fingerprint density at radius 3 is 2.84 bits per heavy atom. The molecule has 1 aromatic carbocycles. The second kappa shape index (κ2) is 6.30. The number of amides is 1. The first-order chi connectivity index (χ1) is 9.20. The van der Waals surface area contributed by atoms with Gasteiger partial charge in [0.05, 0.1) is 12.2 Å². The Balaban J connectivity index is 1.91. The third-order valence-electron chi connectivity index (χ3n) is 3.31. The van der Waals surface area contributed by atoms with Crippen molar-refractivity contribution in [2.75, 3.05) is 11.9 Å². The lowest BCUT2D eigenvalue weighted by atomic mass is 10.2. The zero-order chi connectivity index (χ0) is 13.7. The van der Waals surface area contributed by atoms with Gasteiger partial charge in [-0.2, -0.15) is 5.26 Å². The molecule has 5 heteroatoms. The Bertz CT molecular complexity index is 504. The summed E-state index contributed by atoms with van der Waals surface area (Å²) in [4.78, 5) is 11.7. The first-order valence-corrected chi connectivity index (χ1v) is 6.42. The molecule has 1 aromatic rings. The molecule has 19 heavy (non-hydrogen) atoms. The van der Waals surface area contributed by atoms with Crippen molar-refractivity contribution >= 4 is 11.6 Å². The summed E-state index contributed by atoms with van der Waals surface area (Å²) in [5, 5.41) is 14.6. The number of carbonyl (C=O) groups excluding carboxylic acids is 1. The highest BCUT2D eigenvalue weighted by Gasteiger charge is 2.16. The summed E-state index contributed by atoms with van der Waals surface area (Å²) in [6.07, 6.45) is 4.58. The number of rotatable bonds is 4. The van der Waals surface area contributed by atoms with Crippen LogP contribution in [0.5, 0.6) is 0 Å². The van der Waals surface area contributed by atoms with Gasteiger partial charge < -0.3 is 10.6 Å². The lowest BCUT2D eigenvalue weighted by molar-refractivity contribution is -0.115. The smallest absolute Gasteiger partial charge is 0.238 e. The van der Waals surface area contributed by atoms with E-state index in [4.69, 9.17) is 5.26 Å². The van der Waals surface area contributed by atoms with Gasteiger partial charge in [0.2, 0.25) is 5.91 Å². The summed E-state index contributed by atoms with van der Waals surface area (Å²) in [6, 6.07) is 6.34. The minimum Gasteiger partial charge on any atom is -0.324 e. The number of halogens is 1. The molecule has 1 saturated carbocycles.